The number of carbonyl (C=O) groups excluding carboxylic acids is 1. The second-order valence-electron chi connectivity index (χ2n) is 10.4. The van der Waals surface area contributed by atoms with Crippen LogP contribution in [-0.4, -0.2) is 15.3 Å². The fraction of sp³-hybridized carbons (Fsp3) is 0.233. The minimum Gasteiger partial charge on any atom is -0.398 e. The highest BCUT2D eigenvalue weighted by molar-refractivity contribution is 6.10. The maximum absolute atomic E-state index is 13.8. The Hall–Kier alpha value is -4.19. The highest BCUT2D eigenvalue weighted by Gasteiger charge is 2.37. The third-order valence-electron chi connectivity index (χ3n) is 7.18. The molecule has 1 atom stereocenters. The molecule has 1 aromatic heterocycles. The highest BCUT2D eigenvalue weighted by atomic mass is 16.6. The SMILES string of the molecule is C[C@@H](C1=C(c2c(N)ccc3ccccc23)CC(C)(C)CC1=O)c1cccn1-c1ccc([N+](=O)[O-])cc1. The van der Waals surface area contributed by atoms with Gasteiger partial charge < -0.3 is 10.3 Å². The minimum atomic E-state index is -0.406. The first-order chi connectivity index (χ1) is 17.2. The minimum absolute atomic E-state index is 0.0432. The highest BCUT2D eigenvalue weighted by Crippen LogP contribution is 2.48. The van der Waals surface area contributed by atoms with E-state index in [2.05, 4.69) is 32.9 Å². The molecule has 182 valence electrons. The van der Waals surface area contributed by atoms with Crippen molar-refractivity contribution in [2.75, 3.05) is 5.73 Å². The zero-order valence-electron chi connectivity index (χ0n) is 20.7. The van der Waals surface area contributed by atoms with Crippen LogP contribution in [0.25, 0.3) is 22.0 Å². The van der Waals surface area contributed by atoms with Crippen molar-refractivity contribution in [2.24, 2.45) is 5.41 Å². The lowest BCUT2D eigenvalue weighted by Gasteiger charge is -2.35. The molecule has 6 nitrogen and oxygen atoms in total. The Morgan fingerprint density at radius 2 is 1.69 bits per heavy atom. The Labute approximate surface area is 210 Å². The van der Waals surface area contributed by atoms with Crippen LogP contribution in [-0.2, 0) is 4.79 Å². The molecule has 0 bridgehead atoms. The third-order valence-corrected chi connectivity index (χ3v) is 7.18. The Morgan fingerprint density at radius 3 is 2.42 bits per heavy atom. The molecule has 0 saturated carbocycles. The van der Waals surface area contributed by atoms with E-state index in [0.29, 0.717) is 12.1 Å². The van der Waals surface area contributed by atoms with Crippen molar-refractivity contribution >= 4 is 33.5 Å². The lowest BCUT2D eigenvalue weighted by molar-refractivity contribution is -0.384. The van der Waals surface area contributed by atoms with E-state index in [0.717, 1.165) is 45.3 Å². The zero-order valence-corrected chi connectivity index (χ0v) is 20.7. The maximum atomic E-state index is 13.8. The molecule has 0 spiro atoms. The molecular formula is C30H29N3O3. The van der Waals surface area contributed by atoms with Crippen molar-refractivity contribution in [1.29, 1.82) is 0 Å². The van der Waals surface area contributed by atoms with Gasteiger partial charge in [0.2, 0.25) is 0 Å². The number of hydrogen-bond donors (Lipinski definition) is 1. The zero-order chi connectivity index (χ0) is 25.6. The van der Waals surface area contributed by atoms with Gasteiger partial charge in [0.05, 0.1) is 4.92 Å². The summed E-state index contributed by atoms with van der Waals surface area (Å²) in [5.74, 6) is -0.0651. The maximum Gasteiger partial charge on any atom is 0.269 e. The molecule has 0 amide bonds. The van der Waals surface area contributed by atoms with Gasteiger partial charge in [0.15, 0.2) is 5.78 Å². The Morgan fingerprint density at radius 1 is 0.972 bits per heavy atom. The standard InChI is InChI=1S/C30H29N3O3/c1-19(26-9-6-16-32(26)21-11-13-22(14-12-21)33(35)36)28-24(17-30(2,3)18-27(28)34)29-23-8-5-4-7-20(23)10-15-25(29)31/h4-16,19H,17-18,31H2,1-3H3/t19-/m1/s1. The summed E-state index contributed by atoms with van der Waals surface area (Å²) in [5.41, 5.74) is 11.6. The van der Waals surface area contributed by atoms with E-state index in [1.165, 1.54) is 12.1 Å². The summed E-state index contributed by atoms with van der Waals surface area (Å²) in [7, 11) is 0. The van der Waals surface area contributed by atoms with E-state index in [1.807, 2.05) is 47.2 Å². The van der Waals surface area contributed by atoms with Crippen molar-refractivity contribution in [3.05, 3.63) is 106 Å². The van der Waals surface area contributed by atoms with Crippen LogP contribution in [0.5, 0.6) is 0 Å². The molecular weight excluding hydrogens is 450 g/mol. The number of nitrogens with two attached hydrogens (primary N) is 1. The Bertz CT molecular complexity index is 1530. The van der Waals surface area contributed by atoms with Crippen LogP contribution in [0.15, 0.2) is 84.6 Å². The van der Waals surface area contributed by atoms with Gasteiger partial charge in [-0.1, -0.05) is 51.1 Å². The molecule has 4 aromatic rings. The van der Waals surface area contributed by atoms with Crippen molar-refractivity contribution in [1.82, 2.24) is 4.57 Å². The number of nitrogen functional groups attached to an aromatic ring is 1. The number of Topliss-reactive ketones (excluding diaryl/α,β-unsaturated/α-hetero) is 1. The molecule has 0 fully saturated rings. The van der Waals surface area contributed by atoms with E-state index >= 15 is 0 Å². The monoisotopic (exact) mass is 479 g/mol. The molecule has 1 aliphatic rings. The number of aromatic nitrogens is 1. The number of nitro benzene ring substituents is 1. The number of allylic oxidation sites excluding steroid dienone is 2. The van der Waals surface area contributed by atoms with E-state index < -0.39 is 4.92 Å². The number of hydrogen-bond acceptors (Lipinski definition) is 4. The van der Waals surface area contributed by atoms with Gasteiger partial charge in [0.1, 0.15) is 0 Å². The molecule has 0 aliphatic heterocycles. The van der Waals surface area contributed by atoms with E-state index in [-0.39, 0.29) is 22.8 Å². The van der Waals surface area contributed by atoms with Gasteiger partial charge in [-0.25, -0.2) is 0 Å². The number of benzene rings is 3. The van der Waals surface area contributed by atoms with Gasteiger partial charge in [-0.3, -0.25) is 14.9 Å². The predicted molar refractivity (Wildman–Crippen MR) is 144 cm³/mol. The summed E-state index contributed by atoms with van der Waals surface area (Å²) in [4.78, 5) is 24.5. The van der Waals surface area contributed by atoms with Crippen LogP contribution in [0, 0.1) is 15.5 Å². The third kappa shape index (κ3) is 4.09. The molecule has 2 N–H and O–H groups in total. The first-order valence-electron chi connectivity index (χ1n) is 12.1. The van der Waals surface area contributed by atoms with Crippen molar-refractivity contribution < 1.29 is 9.72 Å². The summed E-state index contributed by atoms with van der Waals surface area (Å²) in [6, 6.07) is 22.5. The number of ketones is 1. The molecule has 1 aliphatic carbocycles. The van der Waals surface area contributed by atoms with Crippen molar-refractivity contribution in [2.45, 2.75) is 39.5 Å². The van der Waals surface area contributed by atoms with Crippen LogP contribution in [0.2, 0.25) is 0 Å². The normalized spacial score (nSPS) is 16.4. The van der Waals surface area contributed by atoms with Crippen molar-refractivity contribution in [3.63, 3.8) is 0 Å². The number of non-ortho nitro benzene ring substituents is 1. The van der Waals surface area contributed by atoms with Crippen LogP contribution >= 0.6 is 0 Å². The summed E-state index contributed by atoms with van der Waals surface area (Å²) < 4.78 is 2.00. The first-order valence-corrected chi connectivity index (χ1v) is 12.1. The van der Waals surface area contributed by atoms with E-state index in [9.17, 15) is 14.9 Å². The summed E-state index contributed by atoms with van der Waals surface area (Å²) in [6.45, 7) is 6.32. The summed E-state index contributed by atoms with van der Waals surface area (Å²) >= 11 is 0. The molecule has 0 radical (unpaired) electrons. The number of carbonyl (C=O) groups is 1. The number of fused-ring (bicyclic) bond motifs is 1. The largest absolute Gasteiger partial charge is 0.398 e. The molecule has 6 heteroatoms. The van der Waals surface area contributed by atoms with Gasteiger partial charge in [0.25, 0.3) is 5.69 Å². The summed E-state index contributed by atoms with van der Waals surface area (Å²) in [6.07, 6.45) is 3.14. The van der Waals surface area contributed by atoms with Crippen LogP contribution < -0.4 is 5.73 Å². The average molecular weight is 480 g/mol. The number of nitro groups is 1. The molecule has 0 unspecified atom stereocenters. The summed E-state index contributed by atoms with van der Waals surface area (Å²) in [5, 5.41) is 13.2. The van der Waals surface area contributed by atoms with Gasteiger partial charge in [-0.15, -0.1) is 0 Å². The Balaban J connectivity index is 1.70. The van der Waals surface area contributed by atoms with Gasteiger partial charge in [-0.2, -0.15) is 0 Å². The molecule has 5 rings (SSSR count). The number of nitrogens with zero attached hydrogens (tertiary/aromatic N) is 2. The molecule has 3 aromatic carbocycles. The van der Waals surface area contributed by atoms with Crippen LogP contribution in [0.4, 0.5) is 11.4 Å². The first kappa shape index (κ1) is 23.5. The van der Waals surface area contributed by atoms with Crippen LogP contribution in [0.3, 0.4) is 0 Å². The lowest BCUT2D eigenvalue weighted by Crippen LogP contribution is -2.28. The predicted octanol–water partition coefficient (Wildman–Crippen LogP) is 7.07. The second kappa shape index (κ2) is 8.79. The molecule has 0 saturated heterocycles. The van der Waals surface area contributed by atoms with E-state index in [4.69, 9.17) is 5.73 Å². The quantitative estimate of drug-likeness (QED) is 0.188. The van der Waals surface area contributed by atoms with Crippen molar-refractivity contribution in [3.8, 4) is 5.69 Å². The molecule has 36 heavy (non-hydrogen) atoms. The average Bonchev–Trinajstić information content (AvgIpc) is 3.33. The second-order valence-corrected chi connectivity index (χ2v) is 10.4. The number of anilines is 1. The smallest absolute Gasteiger partial charge is 0.269 e. The van der Waals surface area contributed by atoms with Gasteiger partial charge in [0, 0.05) is 58.9 Å². The van der Waals surface area contributed by atoms with Gasteiger partial charge in [-0.05, 0) is 58.5 Å². The molecule has 1 heterocycles. The van der Waals surface area contributed by atoms with Gasteiger partial charge >= 0.3 is 0 Å². The fourth-order valence-electron chi connectivity index (χ4n) is 5.55. The fourth-order valence-corrected chi connectivity index (χ4v) is 5.55. The lowest BCUT2D eigenvalue weighted by atomic mass is 9.68. The topological polar surface area (TPSA) is 91.2 Å². The Kier molecular flexibility index (Phi) is 5.75. The van der Waals surface area contributed by atoms with Crippen LogP contribution in [0.1, 0.15) is 50.8 Å². The number of rotatable bonds is 5. The van der Waals surface area contributed by atoms with E-state index in [1.54, 1.807) is 12.1 Å².